The van der Waals surface area contributed by atoms with E-state index in [1.807, 2.05) is 30.3 Å². The van der Waals surface area contributed by atoms with Gasteiger partial charge in [-0.3, -0.25) is 9.69 Å². The quantitative estimate of drug-likeness (QED) is 0.715. The Bertz CT molecular complexity index is 856. The zero-order valence-corrected chi connectivity index (χ0v) is 18.8. The smallest absolute Gasteiger partial charge is 0.408 e. The van der Waals surface area contributed by atoms with E-state index in [0.29, 0.717) is 6.42 Å². The summed E-state index contributed by atoms with van der Waals surface area (Å²) in [6.45, 7) is 7.06. The highest BCUT2D eigenvalue weighted by atomic mass is 16.6. The average Bonchev–Trinajstić information content (AvgIpc) is 3.10. The maximum absolute atomic E-state index is 13.3. The lowest BCUT2D eigenvalue weighted by Gasteiger charge is -2.30. The van der Waals surface area contributed by atoms with Crippen LogP contribution in [0.2, 0.25) is 0 Å². The standard InChI is InChI=1S/C24H32N2O5/c1-16(25-23(29)31-24(2,3)4)21(27)26-19-13-9-8-12-18(19)14-20(26)22(28)30-15-17-10-6-5-7-11-17/h5-7,10-11,16,20H,8-9,12-15H2,1-4H3,(H,25,29). The van der Waals surface area contributed by atoms with E-state index in [1.165, 1.54) is 0 Å². The third kappa shape index (κ3) is 5.87. The molecule has 1 heterocycles. The molecule has 2 unspecified atom stereocenters. The Kier molecular flexibility index (Phi) is 7.03. The van der Waals surface area contributed by atoms with Crippen LogP contribution >= 0.6 is 0 Å². The number of nitrogens with zero attached hydrogens (tertiary/aromatic N) is 1. The Morgan fingerprint density at radius 3 is 2.48 bits per heavy atom. The zero-order valence-electron chi connectivity index (χ0n) is 18.8. The minimum Gasteiger partial charge on any atom is -0.459 e. The number of ether oxygens (including phenoxy) is 2. The Balaban J connectivity index is 1.71. The lowest BCUT2D eigenvalue weighted by molar-refractivity contribution is -0.154. The number of benzene rings is 1. The predicted octanol–water partition coefficient (Wildman–Crippen LogP) is 4.07. The van der Waals surface area contributed by atoms with Crippen molar-refractivity contribution < 1.29 is 23.9 Å². The summed E-state index contributed by atoms with van der Waals surface area (Å²) in [5.41, 5.74) is 2.29. The molecule has 7 nitrogen and oxygen atoms in total. The van der Waals surface area contributed by atoms with Gasteiger partial charge in [-0.1, -0.05) is 30.3 Å². The van der Waals surface area contributed by atoms with E-state index in [-0.39, 0.29) is 12.5 Å². The Labute approximate surface area is 183 Å². The molecule has 0 radical (unpaired) electrons. The lowest BCUT2D eigenvalue weighted by atomic mass is 9.96. The summed E-state index contributed by atoms with van der Waals surface area (Å²) in [4.78, 5) is 40.0. The zero-order chi connectivity index (χ0) is 22.6. The van der Waals surface area contributed by atoms with Crippen molar-refractivity contribution >= 4 is 18.0 Å². The lowest BCUT2D eigenvalue weighted by Crippen LogP contribution is -2.51. The van der Waals surface area contributed by atoms with Crippen molar-refractivity contribution in [1.82, 2.24) is 10.2 Å². The summed E-state index contributed by atoms with van der Waals surface area (Å²) in [6.07, 6.45) is 3.50. The number of hydrogen-bond donors (Lipinski definition) is 1. The number of rotatable bonds is 5. The highest BCUT2D eigenvalue weighted by molar-refractivity contribution is 5.92. The van der Waals surface area contributed by atoms with E-state index < -0.39 is 29.7 Å². The molecular formula is C24H32N2O5. The van der Waals surface area contributed by atoms with Crippen molar-refractivity contribution in [3.05, 3.63) is 47.2 Å². The first-order valence-corrected chi connectivity index (χ1v) is 10.9. The minimum atomic E-state index is -0.826. The summed E-state index contributed by atoms with van der Waals surface area (Å²) in [6, 6.07) is 7.94. The second kappa shape index (κ2) is 9.54. The fourth-order valence-electron chi connectivity index (χ4n) is 4.03. The molecule has 168 valence electrons. The van der Waals surface area contributed by atoms with E-state index in [9.17, 15) is 14.4 Å². The van der Waals surface area contributed by atoms with Crippen LogP contribution in [0.25, 0.3) is 0 Å². The maximum Gasteiger partial charge on any atom is 0.408 e. The van der Waals surface area contributed by atoms with E-state index in [4.69, 9.17) is 9.47 Å². The second-order valence-electron chi connectivity index (χ2n) is 9.15. The average molecular weight is 429 g/mol. The number of carbonyl (C=O) groups excluding carboxylic acids is 3. The summed E-state index contributed by atoms with van der Waals surface area (Å²) in [5.74, 6) is -0.740. The Morgan fingerprint density at radius 1 is 1.13 bits per heavy atom. The number of alkyl carbamates (subject to hydrolysis) is 1. The topological polar surface area (TPSA) is 84.9 Å². The van der Waals surface area contributed by atoms with Crippen molar-refractivity contribution in [3.63, 3.8) is 0 Å². The van der Waals surface area contributed by atoms with Gasteiger partial charge in [-0.15, -0.1) is 0 Å². The van der Waals surface area contributed by atoms with Crippen LogP contribution in [0.4, 0.5) is 4.79 Å². The van der Waals surface area contributed by atoms with Crippen LogP contribution in [0.1, 0.15) is 65.4 Å². The molecular weight excluding hydrogens is 396 g/mol. The third-order valence-corrected chi connectivity index (χ3v) is 5.43. The van der Waals surface area contributed by atoms with E-state index in [1.54, 1.807) is 32.6 Å². The number of hydrogen-bond acceptors (Lipinski definition) is 5. The van der Waals surface area contributed by atoms with Gasteiger partial charge in [0.15, 0.2) is 0 Å². The largest absolute Gasteiger partial charge is 0.459 e. The Morgan fingerprint density at radius 2 is 1.81 bits per heavy atom. The third-order valence-electron chi connectivity index (χ3n) is 5.43. The Hall–Kier alpha value is -2.83. The van der Waals surface area contributed by atoms with Gasteiger partial charge in [0.1, 0.15) is 24.3 Å². The first-order chi connectivity index (χ1) is 14.7. The summed E-state index contributed by atoms with van der Waals surface area (Å²) < 4.78 is 10.8. The molecule has 1 N–H and O–H groups in total. The molecule has 7 heteroatoms. The number of carbonyl (C=O) groups is 3. The number of amides is 2. The van der Waals surface area contributed by atoms with Crippen LogP contribution in [0, 0.1) is 0 Å². The van der Waals surface area contributed by atoms with Gasteiger partial charge in [-0.2, -0.15) is 0 Å². The first-order valence-electron chi connectivity index (χ1n) is 10.9. The van der Waals surface area contributed by atoms with Gasteiger partial charge in [0.2, 0.25) is 5.91 Å². The molecule has 1 aliphatic carbocycles. The number of allylic oxidation sites excluding steroid dienone is 1. The first kappa shape index (κ1) is 22.8. The SMILES string of the molecule is CC(NC(=O)OC(C)(C)C)C(=O)N1C2=C(CCCC2)CC1C(=O)OCc1ccccc1. The van der Waals surface area contributed by atoms with E-state index >= 15 is 0 Å². The molecule has 2 amide bonds. The number of nitrogens with one attached hydrogen (secondary N) is 1. The van der Waals surface area contributed by atoms with Crippen molar-refractivity contribution in [3.8, 4) is 0 Å². The van der Waals surface area contributed by atoms with Gasteiger partial charge in [0, 0.05) is 12.1 Å². The van der Waals surface area contributed by atoms with E-state index in [0.717, 1.165) is 42.5 Å². The maximum atomic E-state index is 13.3. The molecule has 1 aromatic carbocycles. The van der Waals surface area contributed by atoms with Crippen molar-refractivity contribution in [2.75, 3.05) is 0 Å². The van der Waals surface area contributed by atoms with Gasteiger partial charge in [0.05, 0.1) is 0 Å². The molecule has 0 saturated heterocycles. The van der Waals surface area contributed by atoms with Crippen LogP contribution in [-0.4, -0.2) is 40.6 Å². The monoisotopic (exact) mass is 428 g/mol. The van der Waals surface area contributed by atoms with Crippen LogP contribution < -0.4 is 5.32 Å². The van der Waals surface area contributed by atoms with Gasteiger partial charge in [-0.25, -0.2) is 9.59 Å². The molecule has 1 aliphatic heterocycles. The fourth-order valence-corrected chi connectivity index (χ4v) is 4.03. The van der Waals surface area contributed by atoms with Gasteiger partial charge >= 0.3 is 12.1 Å². The molecule has 2 atom stereocenters. The van der Waals surface area contributed by atoms with Crippen molar-refractivity contribution in [2.45, 2.75) is 84.1 Å². The molecule has 0 bridgehead atoms. The van der Waals surface area contributed by atoms with Gasteiger partial charge < -0.3 is 14.8 Å². The summed E-state index contributed by atoms with van der Waals surface area (Å²) in [5, 5.41) is 2.60. The van der Waals surface area contributed by atoms with Crippen LogP contribution in [0.3, 0.4) is 0 Å². The summed E-state index contributed by atoms with van der Waals surface area (Å²) >= 11 is 0. The summed E-state index contributed by atoms with van der Waals surface area (Å²) in [7, 11) is 0. The molecule has 2 aliphatic rings. The van der Waals surface area contributed by atoms with Crippen molar-refractivity contribution in [2.24, 2.45) is 0 Å². The van der Waals surface area contributed by atoms with Gasteiger partial charge in [-0.05, 0) is 64.5 Å². The highest BCUT2D eigenvalue weighted by Gasteiger charge is 2.43. The van der Waals surface area contributed by atoms with Crippen molar-refractivity contribution in [1.29, 1.82) is 0 Å². The molecule has 0 fully saturated rings. The molecule has 0 spiro atoms. The molecule has 1 aromatic rings. The number of esters is 1. The van der Waals surface area contributed by atoms with Gasteiger partial charge in [0.25, 0.3) is 0 Å². The molecule has 0 saturated carbocycles. The normalized spacial score (nSPS) is 19.5. The van der Waals surface area contributed by atoms with E-state index in [2.05, 4.69) is 5.32 Å². The molecule has 0 aromatic heterocycles. The van der Waals surface area contributed by atoms with Crippen LogP contribution in [-0.2, 0) is 25.7 Å². The fraction of sp³-hybridized carbons (Fsp3) is 0.542. The van der Waals surface area contributed by atoms with Crippen LogP contribution in [0.15, 0.2) is 41.6 Å². The molecule has 3 rings (SSSR count). The minimum absolute atomic E-state index is 0.161. The molecule has 31 heavy (non-hydrogen) atoms. The highest BCUT2D eigenvalue weighted by Crippen LogP contribution is 2.39. The predicted molar refractivity (Wildman–Crippen MR) is 116 cm³/mol. The second-order valence-corrected chi connectivity index (χ2v) is 9.15. The van der Waals surface area contributed by atoms with Crippen LogP contribution in [0.5, 0.6) is 0 Å².